The molecule has 1 aromatic carbocycles. The molecule has 0 atom stereocenters. The molecule has 2 heterocycles. The minimum atomic E-state index is -0.239. The fourth-order valence-corrected chi connectivity index (χ4v) is 3.63. The zero-order valence-corrected chi connectivity index (χ0v) is 16.0. The molecule has 7 heteroatoms. The number of carbonyl (C=O) groups is 1. The number of imidazole rings is 1. The zero-order chi connectivity index (χ0) is 18.8. The van der Waals surface area contributed by atoms with Crippen molar-refractivity contribution in [1.29, 1.82) is 5.41 Å². The number of rotatable bonds is 4. The molecule has 0 spiro atoms. The Bertz CT molecular complexity index is 821. The van der Waals surface area contributed by atoms with Crippen molar-refractivity contribution in [2.75, 3.05) is 31.6 Å². The SMILES string of the molecule is COC(=O)CN(c1ccc2nc(C)n(C)c2c1)C1CCN(C(C)=N)CC1. The van der Waals surface area contributed by atoms with Crippen LogP contribution in [0.4, 0.5) is 5.69 Å². The van der Waals surface area contributed by atoms with Crippen molar-refractivity contribution in [3.05, 3.63) is 24.0 Å². The number of methoxy groups -OCH3 is 1. The van der Waals surface area contributed by atoms with Crippen LogP contribution in [0.15, 0.2) is 18.2 Å². The molecule has 2 aromatic rings. The van der Waals surface area contributed by atoms with Crippen LogP contribution in [0.5, 0.6) is 0 Å². The maximum Gasteiger partial charge on any atom is 0.325 e. The fraction of sp³-hybridized carbons (Fsp3) is 0.526. The van der Waals surface area contributed by atoms with E-state index in [4.69, 9.17) is 10.1 Å². The summed E-state index contributed by atoms with van der Waals surface area (Å²) in [6, 6.07) is 6.40. The number of anilines is 1. The van der Waals surface area contributed by atoms with Gasteiger partial charge in [0.25, 0.3) is 0 Å². The van der Waals surface area contributed by atoms with Crippen molar-refractivity contribution in [2.24, 2.45) is 7.05 Å². The number of aryl methyl sites for hydroxylation is 2. The Kier molecular flexibility index (Phi) is 5.15. The predicted octanol–water partition coefficient (Wildman–Crippen LogP) is 2.32. The number of carbonyl (C=O) groups excluding carboxylic acids is 1. The van der Waals surface area contributed by atoms with E-state index in [1.54, 1.807) is 0 Å². The third kappa shape index (κ3) is 3.52. The largest absolute Gasteiger partial charge is 0.468 e. The summed E-state index contributed by atoms with van der Waals surface area (Å²) < 4.78 is 6.99. The number of amidine groups is 1. The van der Waals surface area contributed by atoms with E-state index in [0.29, 0.717) is 5.84 Å². The van der Waals surface area contributed by atoms with Crippen LogP contribution < -0.4 is 4.90 Å². The van der Waals surface area contributed by atoms with Crippen LogP contribution in [-0.2, 0) is 16.6 Å². The number of nitrogens with zero attached hydrogens (tertiary/aromatic N) is 4. The van der Waals surface area contributed by atoms with Crippen LogP contribution in [0.2, 0.25) is 0 Å². The molecule has 0 aliphatic carbocycles. The van der Waals surface area contributed by atoms with Gasteiger partial charge in [-0.2, -0.15) is 0 Å². The lowest BCUT2D eigenvalue weighted by Crippen LogP contribution is -2.48. The molecule has 1 N–H and O–H groups in total. The van der Waals surface area contributed by atoms with E-state index < -0.39 is 0 Å². The Morgan fingerprint density at radius 1 is 1.38 bits per heavy atom. The van der Waals surface area contributed by atoms with Gasteiger partial charge in [0.2, 0.25) is 0 Å². The number of nitrogens with one attached hydrogen (secondary N) is 1. The molecule has 0 saturated carbocycles. The molecular weight excluding hydrogens is 330 g/mol. The van der Waals surface area contributed by atoms with E-state index in [1.165, 1.54) is 7.11 Å². The van der Waals surface area contributed by atoms with E-state index in [1.807, 2.05) is 33.0 Å². The highest BCUT2D eigenvalue weighted by Crippen LogP contribution is 2.27. The maximum atomic E-state index is 12.0. The van der Waals surface area contributed by atoms with Crippen LogP contribution in [0, 0.1) is 12.3 Å². The van der Waals surface area contributed by atoms with Gasteiger partial charge in [-0.15, -0.1) is 0 Å². The van der Waals surface area contributed by atoms with Crippen molar-refractivity contribution < 1.29 is 9.53 Å². The second-order valence-corrected chi connectivity index (χ2v) is 6.90. The molecule has 3 rings (SSSR count). The summed E-state index contributed by atoms with van der Waals surface area (Å²) in [6.07, 6.45) is 1.82. The summed E-state index contributed by atoms with van der Waals surface area (Å²) in [6.45, 7) is 5.72. The standard InChI is InChI=1S/C19H27N5O2/c1-13(20)23-9-7-15(8-10-23)24(12-19(25)26-4)16-5-6-17-18(11-16)22(3)14(2)21-17/h5-6,11,15,20H,7-10,12H2,1-4H3. The molecule has 1 fully saturated rings. The van der Waals surface area contributed by atoms with Gasteiger partial charge in [0.1, 0.15) is 12.4 Å². The van der Waals surface area contributed by atoms with Gasteiger partial charge in [-0.3, -0.25) is 10.2 Å². The average molecular weight is 357 g/mol. The van der Waals surface area contributed by atoms with Crippen molar-refractivity contribution in [2.45, 2.75) is 32.7 Å². The lowest BCUT2D eigenvalue weighted by molar-refractivity contribution is -0.139. The third-order valence-electron chi connectivity index (χ3n) is 5.33. The number of benzene rings is 1. The van der Waals surface area contributed by atoms with Crippen LogP contribution >= 0.6 is 0 Å². The number of piperidine rings is 1. The van der Waals surface area contributed by atoms with Gasteiger partial charge in [0.15, 0.2) is 0 Å². The van der Waals surface area contributed by atoms with E-state index in [0.717, 1.165) is 48.5 Å². The summed E-state index contributed by atoms with van der Waals surface area (Å²) in [7, 11) is 3.43. The van der Waals surface area contributed by atoms with Gasteiger partial charge in [-0.1, -0.05) is 0 Å². The van der Waals surface area contributed by atoms with Crippen LogP contribution in [0.25, 0.3) is 11.0 Å². The molecule has 0 radical (unpaired) electrons. The van der Waals surface area contributed by atoms with Crippen LogP contribution in [-0.4, -0.2) is 59.0 Å². The number of hydrogen-bond donors (Lipinski definition) is 1. The Morgan fingerprint density at radius 2 is 2.08 bits per heavy atom. The Hall–Kier alpha value is -2.57. The van der Waals surface area contributed by atoms with Gasteiger partial charge in [0.05, 0.1) is 24.0 Å². The summed E-state index contributed by atoms with van der Waals surface area (Å²) in [4.78, 5) is 20.8. The predicted molar refractivity (Wildman–Crippen MR) is 103 cm³/mol. The Labute approximate surface area is 154 Å². The number of fused-ring (bicyclic) bond motifs is 1. The zero-order valence-electron chi connectivity index (χ0n) is 16.0. The molecule has 1 aromatic heterocycles. The molecule has 1 aliphatic rings. The first-order valence-electron chi connectivity index (χ1n) is 8.97. The second-order valence-electron chi connectivity index (χ2n) is 6.90. The fourth-order valence-electron chi connectivity index (χ4n) is 3.63. The molecule has 0 bridgehead atoms. The quantitative estimate of drug-likeness (QED) is 0.516. The van der Waals surface area contributed by atoms with Crippen molar-refractivity contribution in [1.82, 2.24) is 14.5 Å². The molecule has 0 unspecified atom stereocenters. The number of aromatic nitrogens is 2. The number of hydrogen-bond acceptors (Lipinski definition) is 5. The highest BCUT2D eigenvalue weighted by molar-refractivity contribution is 5.83. The molecular formula is C19H27N5O2. The lowest BCUT2D eigenvalue weighted by atomic mass is 10.0. The van der Waals surface area contributed by atoms with Gasteiger partial charge < -0.3 is 19.1 Å². The normalized spacial score (nSPS) is 15.3. The summed E-state index contributed by atoms with van der Waals surface area (Å²) in [5.74, 6) is 1.33. The van der Waals surface area contributed by atoms with Crippen molar-refractivity contribution in [3.8, 4) is 0 Å². The van der Waals surface area contributed by atoms with Gasteiger partial charge in [0, 0.05) is 31.9 Å². The molecule has 1 aliphatic heterocycles. The summed E-state index contributed by atoms with van der Waals surface area (Å²) in [5, 5.41) is 7.81. The highest BCUT2D eigenvalue weighted by atomic mass is 16.5. The molecule has 0 amide bonds. The van der Waals surface area contributed by atoms with Gasteiger partial charge >= 0.3 is 5.97 Å². The van der Waals surface area contributed by atoms with Crippen LogP contribution in [0.3, 0.4) is 0 Å². The minimum Gasteiger partial charge on any atom is -0.468 e. The molecule has 26 heavy (non-hydrogen) atoms. The topological polar surface area (TPSA) is 74.5 Å². The highest BCUT2D eigenvalue weighted by Gasteiger charge is 2.27. The van der Waals surface area contributed by atoms with Crippen LogP contribution in [0.1, 0.15) is 25.6 Å². The average Bonchev–Trinajstić information content (AvgIpc) is 2.93. The van der Waals surface area contributed by atoms with E-state index in [2.05, 4.69) is 25.4 Å². The summed E-state index contributed by atoms with van der Waals surface area (Å²) in [5.41, 5.74) is 3.03. The number of ether oxygens (including phenoxy) is 1. The van der Waals surface area contributed by atoms with Gasteiger partial charge in [-0.05, 0) is 44.9 Å². The molecule has 1 saturated heterocycles. The Morgan fingerprint density at radius 3 is 2.69 bits per heavy atom. The van der Waals surface area contributed by atoms with Gasteiger partial charge in [-0.25, -0.2) is 4.98 Å². The van der Waals surface area contributed by atoms with E-state index in [-0.39, 0.29) is 18.6 Å². The first-order chi connectivity index (χ1) is 12.4. The molecule has 140 valence electrons. The summed E-state index contributed by atoms with van der Waals surface area (Å²) >= 11 is 0. The monoisotopic (exact) mass is 357 g/mol. The minimum absolute atomic E-state index is 0.229. The van der Waals surface area contributed by atoms with E-state index >= 15 is 0 Å². The number of esters is 1. The lowest BCUT2D eigenvalue weighted by Gasteiger charge is -2.39. The van der Waals surface area contributed by atoms with Crippen molar-refractivity contribution >= 4 is 28.5 Å². The van der Waals surface area contributed by atoms with E-state index in [9.17, 15) is 4.79 Å². The second kappa shape index (κ2) is 7.35. The maximum absolute atomic E-state index is 12.0. The first-order valence-corrected chi connectivity index (χ1v) is 8.97. The third-order valence-corrected chi connectivity index (χ3v) is 5.33. The molecule has 7 nitrogen and oxygen atoms in total. The number of likely N-dealkylation sites (tertiary alicyclic amines) is 1. The first kappa shape index (κ1) is 18.2. The smallest absolute Gasteiger partial charge is 0.325 e. The van der Waals surface area contributed by atoms with Crippen molar-refractivity contribution in [3.63, 3.8) is 0 Å². The Balaban J connectivity index is 1.90.